The van der Waals surface area contributed by atoms with Crippen molar-refractivity contribution in [1.29, 1.82) is 0 Å². The van der Waals surface area contributed by atoms with Crippen LogP contribution in [0.2, 0.25) is 0 Å². The fraction of sp³-hybridized carbons (Fsp3) is 0.294. The number of ether oxygens (including phenoxy) is 3. The highest BCUT2D eigenvalue weighted by atomic mass is 16.5. The van der Waals surface area contributed by atoms with E-state index in [0.29, 0.717) is 19.8 Å². The quantitative estimate of drug-likeness (QED) is 0.186. The molecule has 0 bridgehead atoms. The molecule has 0 amide bonds. The summed E-state index contributed by atoms with van der Waals surface area (Å²) >= 11 is 0. The van der Waals surface area contributed by atoms with Gasteiger partial charge in [-0.15, -0.1) is 0 Å². The first-order valence-corrected chi connectivity index (χ1v) is 13.3. The lowest BCUT2D eigenvalue weighted by atomic mass is 9.67. The van der Waals surface area contributed by atoms with Gasteiger partial charge in [0.05, 0.1) is 18.6 Å². The molecule has 0 fully saturated rings. The minimum Gasteiger partial charge on any atom is -0.494 e. The SMILES string of the molecule is CCCOc1ccc(C2(c3ccc(OCCOCC)cc3)c3cc(C)ccc3-c3ccc(C)cc32)cc1. The number of aryl methyl sites for hydroxylation is 2. The van der Waals surface area contributed by atoms with Gasteiger partial charge in [0.2, 0.25) is 0 Å². The summed E-state index contributed by atoms with van der Waals surface area (Å²) in [6.07, 6.45) is 0.990. The Bertz CT molecular complexity index is 1300. The standard InChI is InChI=1S/C34H36O3/c1-5-19-36-28-13-9-26(10-14-28)34(27-11-15-29(16-12-27)37-21-20-35-6-2)32-22-24(3)7-17-30(32)31-18-8-25(4)23-33(31)34/h7-18,22-23H,5-6,19-21H2,1-4H3. The molecule has 1 aliphatic carbocycles. The van der Waals surface area contributed by atoms with Crippen LogP contribution in [0, 0.1) is 13.8 Å². The zero-order valence-electron chi connectivity index (χ0n) is 22.3. The molecule has 3 heteroatoms. The number of hydrogen-bond donors (Lipinski definition) is 0. The summed E-state index contributed by atoms with van der Waals surface area (Å²) in [6, 6.07) is 31.0. The van der Waals surface area contributed by atoms with E-state index in [-0.39, 0.29) is 0 Å². The second-order valence-corrected chi connectivity index (χ2v) is 9.79. The molecule has 3 nitrogen and oxygen atoms in total. The maximum absolute atomic E-state index is 5.95. The lowest BCUT2D eigenvalue weighted by Crippen LogP contribution is -2.28. The van der Waals surface area contributed by atoms with Crippen LogP contribution < -0.4 is 9.47 Å². The van der Waals surface area contributed by atoms with Gasteiger partial charge in [-0.05, 0) is 84.8 Å². The average Bonchev–Trinajstić information content (AvgIpc) is 3.20. The fourth-order valence-corrected chi connectivity index (χ4v) is 5.53. The second-order valence-electron chi connectivity index (χ2n) is 9.79. The molecular formula is C34H36O3. The molecule has 0 atom stereocenters. The monoisotopic (exact) mass is 492 g/mol. The maximum atomic E-state index is 5.95. The Morgan fingerprint density at radius 2 is 1.05 bits per heavy atom. The predicted octanol–water partition coefficient (Wildman–Crippen LogP) is 7.87. The first-order valence-electron chi connectivity index (χ1n) is 13.3. The van der Waals surface area contributed by atoms with Crippen LogP contribution in [0.25, 0.3) is 11.1 Å². The topological polar surface area (TPSA) is 27.7 Å². The molecule has 0 saturated heterocycles. The number of hydrogen-bond acceptors (Lipinski definition) is 3. The van der Waals surface area contributed by atoms with Gasteiger partial charge in [0.15, 0.2) is 0 Å². The van der Waals surface area contributed by atoms with Crippen LogP contribution in [0.3, 0.4) is 0 Å². The second kappa shape index (κ2) is 10.8. The number of rotatable bonds is 10. The van der Waals surface area contributed by atoms with Crippen molar-refractivity contribution in [2.24, 2.45) is 0 Å². The molecule has 0 heterocycles. The Kier molecular flexibility index (Phi) is 7.34. The predicted molar refractivity (Wildman–Crippen MR) is 151 cm³/mol. The molecule has 0 N–H and O–H groups in total. The number of fused-ring (bicyclic) bond motifs is 3. The zero-order valence-corrected chi connectivity index (χ0v) is 22.3. The lowest BCUT2D eigenvalue weighted by Gasteiger charge is -2.34. The van der Waals surface area contributed by atoms with Crippen molar-refractivity contribution in [2.45, 2.75) is 39.5 Å². The Morgan fingerprint density at radius 1 is 0.568 bits per heavy atom. The van der Waals surface area contributed by atoms with Crippen molar-refractivity contribution >= 4 is 0 Å². The van der Waals surface area contributed by atoms with Crippen LogP contribution in [0.15, 0.2) is 84.9 Å². The van der Waals surface area contributed by atoms with Crippen molar-refractivity contribution in [1.82, 2.24) is 0 Å². The Balaban J connectivity index is 1.68. The highest BCUT2D eigenvalue weighted by Gasteiger charge is 2.46. The summed E-state index contributed by atoms with van der Waals surface area (Å²) in [5.41, 5.74) is 9.77. The first kappa shape index (κ1) is 25.1. The van der Waals surface area contributed by atoms with E-state index in [1.165, 1.54) is 44.5 Å². The highest BCUT2D eigenvalue weighted by molar-refractivity contribution is 5.86. The molecule has 190 valence electrons. The Morgan fingerprint density at radius 3 is 1.51 bits per heavy atom. The highest BCUT2D eigenvalue weighted by Crippen LogP contribution is 2.56. The normalized spacial score (nSPS) is 13.2. The lowest BCUT2D eigenvalue weighted by molar-refractivity contribution is 0.110. The van der Waals surface area contributed by atoms with Gasteiger partial charge < -0.3 is 14.2 Å². The van der Waals surface area contributed by atoms with Crippen LogP contribution in [0.1, 0.15) is 53.6 Å². The molecular weight excluding hydrogens is 456 g/mol. The molecule has 0 saturated carbocycles. The molecule has 0 radical (unpaired) electrons. The molecule has 4 aromatic rings. The van der Waals surface area contributed by atoms with E-state index in [1.807, 2.05) is 6.92 Å². The Labute approximate surface area is 221 Å². The van der Waals surface area contributed by atoms with Gasteiger partial charge >= 0.3 is 0 Å². The fourth-order valence-electron chi connectivity index (χ4n) is 5.53. The van der Waals surface area contributed by atoms with E-state index in [0.717, 1.165) is 24.5 Å². The van der Waals surface area contributed by atoms with E-state index >= 15 is 0 Å². The summed E-state index contributed by atoms with van der Waals surface area (Å²) in [5, 5.41) is 0. The van der Waals surface area contributed by atoms with Gasteiger partial charge in [-0.1, -0.05) is 78.7 Å². The molecule has 37 heavy (non-hydrogen) atoms. The van der Waals surface area contributed by atoms with E-state index in [4.69, 9.17) is 14.2 Å². The van der Waals surface area contributed by atoms with Crippen LogP contribution in [-0.2, 0) is 10.2 Å². The first-order chi connectivity index (χ1) is 18.1. The molecule has 0 aromatic heterocycles. The van der Waals surface area contributed by atoms with E-state index < -0.39 is 5.41 Å². The van der Waals surface area contributed by atoms with Gasteiger partial charge in [0, 0.05) is 6.61 Å². The van der Waals surface area contributed by atoms with Crippen molar-refractivity contribution in [3.63, 3.8) is 0 Å². The van der Waals surface area contributed by atoms with Crippen LogP contribution in [0.5, 0.6) is 11.5 Å². The molecule has 1 aliphatic rings. The third kappa shape index (κ3) is 4.65. The van der Waals surface area contributed by atoms with Crippen molar-refractivity contribution < 1.29 is 14.2 Å². The average molecular weight is 493 g/mol. The summed E-state index contributed by atoms with van der Waals surface area (Å²) in [7, 11) is 0. The van der Waals surface area contributed by atoms with E-state index in [2.05, 4.69) is 106 Å². The minimum atomic E-state index is -0.435. The van der Waals surface area contributed by atoms with Crippen LogP contribution >= 0.6 is 0 Å². The number of benzene rings is 4. The largest absolute Gasteiger partial charge is 0.494 e. The molecule has 0 aliphatic heterocycles. The van der Waals surface area contributed by atoms with Gasteiger partial charge in [-0.25, -0.2) is 0 Å². The summed E-state index contributed by atoms with van der Waals surface area (Å²) in [5.74, 6) is 1.76. The van der Waals surface area contributed by atoms with Gasteiger partial charge in [-0.3, -0.25) is 0 Å². The summed E-state index contributed by atoms with van der Waals surface area (Å²) in [4.78, 5) is 0. The summed E-state index contributed by atoms with van der Waals surface area (Å²) < 4.78 is 17.3. The zero-order chi connectivity index (χ0) is 25.8. The van der Waals surface area contributed by atoms with Gasteiger partial charge in [0.25, 0.3) is 0 Å². The van der Waals surface area contributed by atoms with Crippen molar-refractivity contribution in [3.8, 4) is 22.6 Å². The smallest absolute Gasteiger partial charge is 0.119 e. The molecule has 0 spiro atoms. The van der Waals surface area contributed by atoms with Gasteiger partial charge in [0.1, 0.15) is 18.1 Å². The van der Waals surface area contributed by atoms with Crippen molar-refractivity contribution in [3.05, 3.63) is 118 Å². The maximum Gasteiger partial charge on any atom is 0.119 e. The minimum absolute atomic E-state index is 0.435. The Hall–Kier alpha value is -3.56. The third-order valence-corrected chi connectivity index (χ3v) is 7.20. The third-order valence-electron chi connectivity index (χ3n) is 7.20. The van der Waals surface area contributed by atoms with E-state index in [9.17, 15) is 0 Å². The van der Waals surface area contributed by atoms with Crippen LogP contribution in [-0.4, -0.2) is 26.4 Å². The molecule has 4 aromatic carbocycles. The van der Waals surface area contributed by atoms with Crippen molar-refractivity contribution in [2.75, 3.05) is 26.4 Å². The molecule has 5 rings (SSSR count). The van der Waals surface area contributed by atoms with Gasteiger partial charge in [-0.2, -0.15) is 0 Å². The van der Waals surface area contributed by atoms with Crippen LogP contribution in [0.4, 0.5) is 0 Å². The summed E-state index contributed by atoms with van der Waals surface area (Å²) in [6.45, 7) is 11.0. The van der Waals surface area contributed by atoms with E-state index in [1.54, 1.807) is 0 Å². The molecule has 0 unspecified atom stereocenters.